The second kappa shape index (κ2) is 6.89. The number of anilines is 1. The number of halogens is 1. The van der Waals surface area contributed by atoms with Crippen LogP contribution in [0.15, 0.2) is 52.4 Å². The van der Waals surface area contributed by atoms with E-state index in [4.69, 9.17) is 11.6 Å². The summed E-state index contributed by atoms with van der Waals surface area (Å²) in [5.41, 5.74) is 3.99. The maximum Gasteiger partial charge on any atom is 0.285 e. The lowest BCUT2D eigenvalue weighted by Gasteiger charge is -2.11. The molecule has 1 aliphatic rings. The molecule has 0 atom stereocenters. The van der Waals surface area contributed by atoms with Gasteiger partial charge in [0.15, 0.2) is 0 Å². The summed E-state index contributed by atoms with van der Waals surface area (Å²) < 4.78 is 29.2. The van der Waals surface area contributed by atoms with Gasteiger partial charge in [0, 0.05) is 16.3 Å². The molecule has 2 aromatic rings. The largest absolute Gasteiger partial charge is 0.339 e. The smallest absolute Gasteiger partial charge is 0.285 e. The highest BCUT2D eigenvalue weighted by Gasteiger charge is 2.31. The fourth-order valence-corrected chi connectivity index (χ4v) is 4.51. The van der Waals surface area contributed by atoms with E-state index in [-0.39, 0.29) is 4.91 Å². The summed E-state index contributed by atoms with van der Waals surface area (Å²) in [5, 5.41) is 3.73. The first kappa shape index (κ1) is 18.7. The van der Waals surface area contributed by atoms with Gasteiger partial charge in [-0.25, -0.2) is 0 Å². The highest BCUT2D eigenvalue weighted by Crippen LogP contribution is 2.34. The average molecular weight is 389 g/mol. The van der Waals surface area contributed by atoms with Gasteiger partial charge in [0.25, 0.3) is 10.0 Å². The molecule has 1 aliphatic heterocycles. The van der Waals surface area contributed by atoms with E-state index in [0.717, 1.165) is 16.8 Å². The van der Waals surface area contributed by atoms with Gasteiger partial charge >= 0.3 is 0 Å². The molecular weight excluding hydrogens is 368 g/mol. The summed E-state index contributed by atoms with van der Waals surface area (Å²) in [6.07, 6.45) is 0. The van der Waals surface area contributed by atoms with Crippen molar-refractivity contribution in [3.8, 4) is 0 Å². The van der Waals surface area contributed by atoms with Crippen LogP contribution in [0.5, 0.6) is 0 Å². The minimum Gasteiger partial charge on any atom is -0.339 e. The molecule has 0 spiro atoms. The van der Waals surface area contributed by atoms with Crippen molar-refractivity contribution in [2.75, 3.05) is 5.32 Å². The topological polar surface area (TPSA) is 58.5 Å². The van der Waals surface area contributed by atoms with Crippen LogP contribution >= 0.6 is 11.6 Å². The molecule has 4 nitrogen and oxygen atoms in total. The molecule has 6 heteroatoms. The van der Waals surface area contributed by atoms with Crippen LogP contribution in [-0.4, -0.2) is 14.3 Å². The standard InChI is InChI=1S/C20H21ClN2O2S/c1-12(2)15-8-10-16(11-9-15)19-14(4)20(23-26(19,24)25)22-18-7-5-6-17(21)13(18)3/h5-12H,1-4H3,(H,22,23). The Balaban J connectivity index is 2.00. The molecule has 0 radical (unpaired) electrons. The monoisotopic (exact) mass is 388 g/mol. The average Bonchev–Trinajstić information content (AvgIpc) is 2.80. The lowest BCUT2D eigenvalue weighted by atomic mass is 10.0. The minimum atomic E-state index is -3.74. The Morgan fingerprint density at radius 2 is 1.69 bits per heavy atom. The first-order valence-corrected chi connectivity index (χ1v) is 10.2. The molecule has 136 valence electrons. The fourth-order valence-electron chi connectivity index (χ4n) is 2.91. The van der Waals surface area contributed by atoms with Gasteiger partial charge in [-0.2, -0.15) is 8.42 Å². The van der Waals surface area contributed by atoms with Crippen molar-refractivity contribution in [3.05, 3.63) is 69.8 Å². The van der Waals surface area contributed by atoms with Crippen LogP contribution in [0.3, 0.4) is 0 Å². The van der Waals surface area contributed by atoms with Gasteiger partial charge < -0.3 is 5.32 Å². The fraction of sp³-hybridized carbons (Fsp3) is 0.250. The summed E-state index contributed by atoms with van der Waals surface area (Å²) >= 11 is 6.15. The van der Waals surface area contributed by atoms with Gasteiger partial charge in [-0.15, -0.1) is 4.40 Å². The maximum absolute atomic E-state index is 12.6. The number of nitrogens with zero attached hydrogens (tertiary/aromatic N) is 1. The number of rotatable bonds is 3. The van der Waals surface area contributed by atoms with Crippen molar-refractivity contribution in [1.82, 2.24) is 0 Å². The Bertz CT molecular complexity index is 1020. The third-order valence-electron chi connectivity index (χ3n) is 4.53. The molecule has 0 fully saturated rings. The van der Waals surface area contributed by atoms with E-state index < -0.39 is 10.0 Å². The molecule has 0 amide bonds. The molecule has 0 bridgehead atoms. The van der Waals surface area contributed by atoms with E-state index in [2.05, 4.69) is 23.6 Å². The molecule has 2 aromatic carbocycles. The Morgan fingerprint density at radius 1 is 1.04 bits per heavy atom. The third kappa shape index (κ3) is 3.41. The molecule has 1 heterocycles. The van der Waals surface area contributed by atoms with Gasteiger partial charge in [-0.3, -0.25) is 0 Å². The zero-order chi connectivity index (χ0) is 19.1. The van der Waals surface area contributed by atoms with Crippen LogP contribution in [0.25, 0.3) is 4.91 Å². The van der Waals surface area contributed by atoms with Crippen LogP contribution < -0.4 is 5.32 Å². The van der Waals surface area contributed by atoms with Crippen molar-refractivity contribution in [3.63, 3.8) is 0 Å². The van der Waals surface area contributed by atoms with Gasteiger partial charge in [0.1, 0.15) is 10.7 Å². The number of sulfonamides is 1. The summed E-state index contributed by atoms with van der Waals surface area (Å²) in [7, 11) is -3.74. The van der Waals surface area contributed by atoms with Gasteiger partial charge in [0.05, 0.1) is 0 Å². The zero-order valence-corrected chi connectivity index (χ0v) is 16.7. The number of hydrogen-bond donors (Lipinski definition) is 1. The van der Waals surface area contributed by atoms with Crippen LogP contribution in [0.4, 0.5) is 5.69 Å². The van der Waals surface area contributed by atoms with Crippen molar-refractivity contribution in [2.45, 2.75) is 33.6 Å². The Labute approximate surface area is 159 Å². The SMILES string of the molecule is CC1=C(c2ccc(C(C)C)cc2)S(=O)(=O)N=C1Nc1cccc(Cl)c1C. The quantitative estimate of drug-likeness (QED) is 0.770. The maximum atomic E-state index is 12.6. The predicted molar refractivity (Wildman–Crippen MR) is 109 cm³/mol. The summed E-state index contributed by atoms with van der Waals surface area (Å²) in [5.74, 6) is 0.719. The molecule has 0 saturated heterocycles. The van der Waals surface area contributed by atoms with E-state index in [0.29, 0.717) is 27.9 Å². The number of benzene rings is 2. The van der Waals surface area contributed by atoms with Gasteiger partial charge in [-0.1, -0.05) is 55.8 Å². The van der Waals surface area contributed by atoms with Crippen molar-refractivity contribution in [1.29, 1.82) is 0 Å². The molecule has 0 saturated carbocycles. The number of hydrogen-bond acceptors (Lipinski definition) is 3. The minimum absolute atomic E-state index is 0.245. The summed E-state index contributed by atoms with van der Waals surface area (Å²) in [6.45, 7) is 7.84. The first-order chi connectivity index (χ1) is 12.2. The third-order valence-corrected chi connectivity index (χ3v) is 6.42. The normalized spacial score (nSPS) is 16.2. The van der Waals surface area contributed by atoms with Gasteiger partial charge in [-0.05, 0) is 48.6 Å². The lowest BCUT2D eigenvalue weighted by Crippen LogP contribution is -2.12. The highest BCUT2D eigenvalue weighted by atomic mass is 35.5. The molecule has 3 rings (SSSR count). The van der Waals surface area contributed by atoms with E-state index >= 15 is 0 Å². The molecular formula is C20H21ClN2O2S. The Hall–Kier alpha value is -2.11. The van der Waals surface area contributed by atoms with Crippen molar-refractivity contribution >= 4 is 38.1 Å². The van der Waals surface area contributed by atoms with Crippen molar-refractivity contribution in [2.24, 2.45) is 4.40 Å². The van der Waals surface area contributed by atoms with E-state index in [1.807, 2.05) is 43.3 Å². The Kier molecular flexibility index (Phi) is 4.95. The Morgan fingerprint density at radius 3 is 2.31 bits per heavy atom. The van der Waals surface area contributed by atoms with Gasteiger partial charge in [0.2, 0.25) is 0 Å². The van der Waals surface area contributed by atoms with Crippen LogP contribution in [0.1, 0.15) is 43.4 Å². The molecule has 0 aliphatic carbocycles. The predicted octanol–water partition coefficient (Wildman–Crippen LogP) is 5.36. The molecule has 1 N–H and O–H groups in total. The molecule has 26 heavy (non-hydrogen) atoms. The summed E-state index contributed by atoms with van der Waals surface area (Å²) in [4.78, 5) is 0.245. The van der Waals surface area contributed by atoms with Crippen molar-refractivity contribution < 1.29 is 8.42 Å². The summed E-state index contributed by atoms with van der Waals surface area (Å²) in [6, 6.07) is 13.1. The second-order valence-electron chi connectivity index (χ2n) is 6.68. The van der Waals surface area contributed by atoms with E-state index in [1.165, 1.54) is 0 Å². The molecule has 0 unspecified atom stereocenters. The zero-order valence-electron chi connectivity index (χ0n) is 15.2. The van der Waals surface area contributed by atoms with Crippen LogP contribution in [0, 0.1) is 6.92 Å². The number of nitrogens with one attached hydrogen (secondary N) is 1. The van der Waals surface area contributed by atoms with E-state index in [9.17, 15) is 8.42 Å². The second-order valence-corrected chi connectivity index (χ2v) is 8.63. The molecule has 0 aromatic heterocycles. The van der Waals surface area contributed by atoms with Crippen LogP contribution in [0.2, 0.25) is 5.02 Å². The number of amidine groups is 1. The van der Waals surface area contributed by atoms with Crippen LogP contribution in [-0.2, 0) is 10.0 Å². The first-order valence-electron chi connectivity index (χ1n) is 8.39. The highest BCUT2D eigenvalue weighted by molar-refractivity contribution is 8.00. The lowest BCUT2D eigenvalue weighted by molar-refractivity contribution is 0.608. The van der Waals surface area contributed by atoms with E-state index in [1.54, 1.807) is 13.0 Å².